The topological polar surface area (TPSA) is 77.8 Å². The van der Waals surface area contributed by atoms with Gasteiger partial charge in [0.2, 0.25) is 0 Å². The van der Waals surface area contributed by atoms with E-state index in [0.717, 1.165) is 38.5 Å². The van der Waals surface area contributed by atoms with Crippen molar-refractivity contribution in [2.24, 2.45) is 45.3 Å². The minimum atomic E-state index is -1.08. The van der Waals surface area contributed by atoms with Gasteiger partial charge < -0.3 is 15.3 Å². The van der Waals surface area contributed by atoms with Crippen LogP contribution in [0.25, 0.3) is 0 Å². The van der Waals surface area contributed by atoms with Crippen LogP contribution < -0.4 is 0 Å². The first kappa shape index (κ1) is 26.4. The summed E-state index contributed by atoms with van der Waals surface area (Å²) >= 11 is 0. The van der Waals surface area contributed by atoms with Crippen molar-refractivity contribution in [1.82, 2.24) is 0 Å². The lowest BCUT2D eigenvalue weighted by Gasteiger charge is -2.64. The van der Waals surface area contributed by atoms with Crippen LogP contribution in [0.4, 0.5) is 0 Å². The zero-order chi connectivity index (χ0) is 25.5. The lowest BCUT2D eigenvalue weighted by atomic mass is 9.38. The number of carbonyl (C=O) groups excluding carboxylic acids is 1. The van der Waals surface area contributed by atoms with Crippen LogP contribution in [0.3, 0.4) is 0 Å². The molecule has 3 saturated carbocycles. The van der Waals surface area contributed by atoms with Crippen molar-refractivity contribution in [1.29, 1.82) is 0 Å². The van der Waals surface area contributed by atoms with Gasteiger partial charge >= 0.3 is 0 Å². The van der Waals surface area contributed by atoms with E-state index >= 15 is 0 Å². The van der Waals surface area contributed by atoms with E-state index in [9.17, 15) is 20.1 Å². The van der Waals surface area contributed by atoms with Crippen LogP contribution in [0.15, 0.2) is 11.6 Å². The van der Waals surface area contributed by atoms with Gasteiger partial charge in [0.15, 0.2) is 0 Å². The van der Waals surface area contributed by atoms with Gasteiger partial charge in [-0.3, -0.25) is 4.79 Å². The van der Waals surface area contributed by atoms with E-state index in [1.807, 2.05) is 0 Å². The van der Waals surface area contributed by atoms with Crippen LogP contribution in [0.1, 0.15) is 107 Å². The lowest BCUT2D eigenvalue weighted by molar-refractivity contribution is -0.172. The van der Waals surface area contributed by atoms with Gasteiger partial charge in [-0.05, 0) is 93.3 Å². The monoisotopic (exact) mass is 474 g/mol. The van der Waals surface area contributed by atoms with E-state index < -0.39 is 11.7 Å². The predicted octanol–water partition coefficient (Wildman–Crippen LogP) is 5.68. The number of hydrogen-bond donors (Lipinski definition) is 3. The molecule has 0 radical (unpaired) electrons. The Bertz CT molecular complexity index is 852. The zero-order valence-corrected chi connectivity index (χ0v) is 22.9. The van der Waals surface area contributed by atoms with Gasteiger partial charge in [-0.25, -0.2) is 0 Å². The number of hydrogen-bond acceptors (Lipinski definition) is 4. The summed E-state index contributed by atoms with van der Waals surface area (Å²) in [6.07, 6.45) is 8.40. The Balaban J connectivity index is 1.64. The maximum Gasteiger partial charge on any atom is 0.140 e. The van der Waals surface area contributed by atoms with Gasteiger partial charge in [-0.2, -0.15) is 0 Å². The largest absolute Gasteiger partial charge is 0.392 e. The molecule has 3 fully saturated rings. The summed E-state index contributed by atoms with van der Waals surface area (Å²) in [6.45, 7) is 17.1. The normalized spacial score (nSPS) is 45.6. The Morgan fingerprint density at radius 1 is 1.06 bits per heavy atom. The molecular formula is C30H50O4. The van der Waals surface area contributed by atoms with E-state index in [4.69, 9.17) is 0 Å². The highest BCUT2D eigenvalue weighted by Gasteiger charge is 2.70. The van der Waals surface area contributed by atoms with Gasteiger partial charge in [0.05, 0.1) is 17.8 Å². The Morgan fingerprint density at radius 2 is 1.71 bits per heavy atom. The standard InChI is InChI=1S/C30H50O4/c1-18(9-13-24(32)27(4,5)34)19-15-16-28(6)22-12-10-20-21(11-14-23(31)26(20,2)3)30(22,8)25(33)17-29(19,28)7/h10,18-19,21-24,31-32,34H,9,11-17H2,1-8H3/t18-,19-,21-,22+,23+,24+,28+,29-,30+/m1/s1. The van der Waals surface area contributed by atoms with Crippen LogP contribution in [0, 0.1) is 45.3 Å². The molecule has 0 bridgehead atoms. The maximum absolute atomic E-state index is 14.2. The molecule has 194 valence electrons. The second kappa shape index (κ2) is 8.15. The molecule has 0 spiro atoms. The summed E-state index contributed by atoms with van der Waals surface area (Å²) in [6, 6.07) is 0. The van der Waals surface area contributed by atoms with Gasteiger partial charge in [0.25, 0.3) is 0 Å². The number of carbonyl (C=O) groups is 1. The molecule has 0 saturated heterocycles. The number of Topliss-reactive ketones (excluding diaryl/α,β-unsaturated/α-hetero) is 1. The third kappa shape index (κ3) is 3.52. The van der Waals surface area contributed by atoms with Crippen molar-refractivity contribution in [2.75, 3.05) is 0 Å². The summed E-state index contributed by atoms with van der Waals surface area (Å²) in [5, 5.41) is 31.3. The van der Waals surface area contributed by atoms with Crippen molar-refractivity contribution in [3.8, 4) is 0 Å². The van der Waals surface area contributed by atoms with Gasteiger partial charge in [-0.1, -0.05) is 53.2 Å². The first-order valence-electron chi connectivity index (χ1n) is 13.8. The Morgan fingerprint density at radius 3 is 2.32 bits per heavy atom. The van der Waals surface area contributed by atoms with Crippen LogP contribution >= 0.6 is 0 Å². The first-order valence-corrected chi connectivity index (χ1v) is 13.8. The Hall–Kier alpha value is -0.710. The van der Waals surface area contributed by atoms with Crippen molar-refractivity contribution in [2.45, 2.75) is 125 Å². The molecule has 34 heavy (non-hydrogen) atoms. The maximum atomic E-state index is 14.2. The quantitative estimate of drug-likeness (QED) is 0.448. The first-order chi connectivity index (χ1) is 15.5. The third-order valence-electron chi connectivity index (χ3n) is 12.1. The smallest absolute Gasteiger partial charge is 0.140 e. The van der Waals surface area contributed by atoms with Gasteiger partial charge in [0, 0.05) is 17.3 Å². The van der Waals surface area contributed by atoms with E-state index in [2.05, 4.69) is 47.6 Å². The lowest BCUT2D eigenvalue weighted by Crippen LogP contribution is -2.63. The Labute approximate surface area is 207 Å². The number of aliphatic hydroxyl groups excluding tert-OH is 2. The molecular weight excluding hydrogens is 424 g/mol. The number of allylic oxidation sites excluding steroid dienone is 1. The van der Waals surface area contributed by atoms with Gasteiger partial charge in [0.1, 0.15) is 5.78 Å². The molecule has 4 heteroatoms. The van der Waals surface area contributed by atoms with E-state index in [0.29, 0.717) is 36.4 Å². The fourth-order valence-electron chi connectivity index (χ4n) is 9.35. The molecule has 0 aromatic rings. The van der Waals surface area contributed by atoms with E-state index in [1.54, 1.807) is 13.8 Å². The number of rotatable bonds is 5. The Kier molecular flexibility index (Phi) is 6.32. The van der Waals surface area contributed by atoms with Gasteiger partial charge in [-0.15, -0.1) is 0 Å². The number of fused-ring (bicyclic) bond motifs is 5. The highest BCUT2D eigenvalue weighted by Crippen LogP contribution is 2.74. The average Bonchev–Trinajstić information content (AvgIpc) is 2.99. The summed E-state index contributed by atoms with van der Waals surface area (Å²) in [4.78, 5) is 14.2. The fourth-order valence-corrected chi connectivity index (χ4v) is 9.35. The molecule has 3 N–H and O–H groups in total. The second-order valence-corrected chi connectivity index (χ2v) is 14.4. The third-order valence-corrected chi connectivity index (χ3v) is 12.1. The molecule has 4 nitrogen and oxygen atoms in total. The summed E-state index contributed by atoms with van der Waals surface area (Å²) in [7, 11) is 0. The van der Waals surface area contributed by atoms with E-state index in [1.165, 1.54) is 5.57 Å². The van der Waals surface area contributed by atoms with Crippen molar-refractivity contribution >= 4 is 5.78 Å². The van der Waals surface area contributed by atoms with Crippen LogP contribution in [0.2, 0.25) is 0 Å². The number of ketones is 1. The van der Waals surface area contributed by atoms with E-state index in [-0.39, 0.29) is 33.7 Å². The molecule has 0 aromatic heterocycles. The second-order valence-electron chi connectivity index (χ2n) is 14.4. The molecule has 0 heterocycles. The molecule has 4 aliphatic rings. The summed E-state index contributed by atoms with van der Waals surface area (Å²) < 4.78 is 0. The minimum Gasteiger partial charge on any atom is -0.392 e. The van der Waals surface area contributed by atoms with Crippen LogP contribution in [-0.2, 0) is 4.79 Å². The highest BCUT2D eigenvalue weighted by atomic mass is 16.3. The molecule has 0 unspecified atom stereocenters. The molecule has 0 aromatic carbocycles. The van der Waals surface area contributed by atoms with Crippen molar-refractivity contribution in [3.05, 3.63) is 11.6 Å². The van der Waals surface area contributed by atoms with Crippen LogP contribution in [0.5, 0.6) is 0 Å². The molecule has 9 atom stereocenters. The zero-order valence-electron chi connectivity index (χ0n) is 22.9. The minimum absolute atomic E-state index is 0.0393. The highest BCUT2D eigenvalue weighted by molar-refractivity contribution is 5.88. The van der Waals surface area contributed by atoms with Crippen molar-refractivity contribution < 1.29 is 20.1 Å². The molecule has 0 amide bonds. The van der Waals surface area contributed by atoms with Crippen LogP contribution in [-0.4, -0.2) is 38.9 Å². The van der Waals surface area contributed by atoms with Crippen molar-refractivity contribution in [3.63, 3.8) is 0 Å². The number of aliphatic hydroxyl groups is 3. The fraction of sp³-hybridized carbons (Fsp3) is 0.900. The predicted molar refractivity (Wildman–Crippen MR) is 136 cm³/mol. The SMILES string of the molecule is C[C@H](CC[C@H](O)C(C)(C)O)[C@H]1CC[C@@]2(C)[C@@H]3CC=C4[C@@H](CC[C@H](O)C4(C)C)[C@]3(C)C(=O)C[C@]12C. The average molecular weight is 475 g/mol. The summed E-state index contributed by atoms with van der Waals surface area (Å²) in [5.41, 5.74) is -0.287. The molecule has 4 rings (SSSR count). The molecule has 4 aliphatic carbocycles. The molecule has 0 aliphatic heterocycles. The summed E-state index contributed by atoms with van der Waals surface area (Å²) in [5.74, 6) is 1.88.